The van der Waals surface area contributed by atoms with Crippen LogP contribution in [0.3, 0.4) is 0 Å². The zero-order valence-corrected chi connectivity index (χ0v) is 12.7. The molecule has 3 heteroatoms. The molecule has 3 nitrogen and oxygen atoms in total. The molecule has 2 atom stereocenters. The van der Waals surface area contributed by atoms with Gasteiger partial charge in [0.1, 0.15) is 2.82 Å². The van der Waals surface area contributed by atoms with Gasteiger partial charge in [-0.25, -0.2) is 0 Å². The summed E-state index contributed by atoms with van der Waals surface area (Å²) in [6.07, 6.45) is -7.66. The van der Waals surface area contributed by atoms with E-state index in [0.717, 1.165) is 38.5 Å². The van der Waals surface area contributed by atoms with Crippen LogP contribution in [0.5, 0.6) is 0 Å². The van der Waals surface area contributed by atoms with E-state index in [9.17, 15) is 10.2 Å². The first-order valence-corrected chi connectivity index (χ1v) is 7.48. The molecule has 4 N–H and O–H groups in total. The number of aliphatic hydroxyl groups is 2. The van der Waals surface area contributed by atoms with Gasteiger partial charge in [-0.15, -0.1) is 0 Å². The SMILES string of the molecule is [2H]/C(=C(/[2H])[C@@]([2H])(O)[C@@]([2H])(N([2H])[2H])C([2H])([2H])O)C([2H])([2H])C([2H])([2H])C([2H])([2H])CCCCCCCCCC. The largest absolute Gasteiger partial charge is 0.395 e. The molecule has 0 rings (SSSR count). The molecule has 21 heavy (non-hydrogen) atoms. The van der Waals surface area contributed by atoms with Gasteiger partial charge in [0.05, 0.1) is 26.9 Å². The first-order chi connectivity index (χ1) is 15.6. The van der Waals surface area contributed by atoms with Crippen LogP contribution in [0.15, 0.2) is 12.1 Å². The minimum absolute atomic E-state index is 0.219. The van der Waals surface area contributed by atoms with E-state index in [1.165, 1.54) is 0 Å². The zero-order valence-electron chi connectivity index (χ0n) is 26.7. The maximum absolute atomic E-state index is 10.3. The lowest BCUT2D eigenvalue weighted by molar-refractivity contribution is 0.144. The minimum atomic E-state index is -4.10. The van der Waals surface area contributed by atoms with Gasteiger partial charge in [0, 0.05) is 8.22 Å². The van der Waals surface area contributed by atoms with Crippen molar-refractivity contribution in [3.8, 4) is 0 Å². The van der Waals surface area contributed by atoms with Crippen molar-refractivity contribution in [1.29, 1.82) is 0 Å². The molecule has 0 spiro atoms. The summed E-state index contributed by atoms with van der Waals surface area (Å²) >= 11 is 0. The summed E-state index contributed by atoms with van der Waals surface area (Å²) < 4.78 is 109. The van der Waals surface area contributed by atoms with E-state index in [4.69, 9.17) is 19.3 Å². The fourth-order valence-electron chi connectivity index (χ4n) is 1.69. The van der Waals surface area contributed by atoms with Gasteiger partial charge in [0.2, 0.25) is 0 Å². The molecule has 0 unspecified atom stereocenters. The molecule has 0 aromatic carbocycles. The van der Waals surface area contributed by atoms with Crippen molar-refractivity contribution in [1.82, 2.24) is 0 Å². The van der Waals surface area contributed by atoms with Gasteiger partial charge in [-0.1, -0.05) is 83.2 Å². The molecular formula is C18H37NO2. The summed E-state index contributed by atoms with van der Waals surface area (Å²) in [6.45, 7) is -1.90. The van der Waals surface area contributed by atoms with Gasteiger partial charge in [0.25, 0.3) is 0 Å². The average Bonchev–Trinajstić information content (AvgIpc) is 2.72. The van der Waals surface area contributed by atoms with Gasteiger partial charge in [0.15, 0.2) is 0 Å². The quantitative estimate of drug-likeness (QED) is 0.299. The molecular weight excluding hydrogens is 262 g/mol. The van der Waals surface area contributed by atoms with Crippen LogP contribution in [-0.4, -0.2) is 28.9 Å². The van der Waals surface area contributed by atoms with E-state index in [0.29, 0.717) is 6.42 Å². The number of hydrogen-bond acceptors (Lipinski definition) is 3. The van der Waals surface area contributed by atoms with E-state index in [1.54, 1.807) is 0 Å². The lowest BCUT2D eigenvalue weighted by Crippen LogP contribution is -2.36. The Bertz CT molecular complexity index is 708. The molecule has 0 heterocycles. The van der Waals surface area contributed by atoms with Crippen LogP contribution in [0.4, 0.5) is 0 Å². The van der Waals surface area contributed by atoms with Crippen molar-refractivity contribution in [3.63, 3.8) is 0 Å². The van der Waals surface area contributed by atoms with E-state index >= 15 is 0 Å². The Balaban J connectivity index is 5.85. The molecule has 0 aliphatic carbocycles. The Morgan fingerprint density at radius 1 is 1.14 bits per heavy atom. The maximum Gasteiger partial charge on any atom is 0.119 e. The Morgan fingerprint density at radius 2 is 1.76 bits per heavy atom. The van der Waals surface area contributed by atoms with Crippen LogP contribution < -0.4 is 5.72 Å². The third kappa shape index (κ3) is 14.3. The van der Waals surface area contributed by atoms with Crippen LogP contribution in [0.2, 0.25) is 2.82 Å². The normalized spacial score (nSPS) is 31.2. The average molecular weight is 314 g/mol. The van der Waals surface area contributed by atoms with Crippen molar-refractivity contribution < 1.29 is 29.5 Å². The molecule has 0 aliphatic heterocycles. The van der Waals surface area contributed by atoms with E-state index in [2.05, 4.69) is 6.92 Å². The van der Waals surface area contributed by atoms with Crippen molar-refractivity contribution in [3.05, 3.63) is 12.1 Å². The van der Waals surface area contributed by atoms with Crippen LogP contribution in [0, 0.1) is 0 Å². The smallest absolute Gasteiger partial charge is 0.119 e. The Kier molecular flexibility index (Phi) is 5.35. The van der Waals surface area contributed by atoms with Gasteiger partial charge < -0.3 is 15.9 Å². The van der Waals surface area contributed by atoms with Gasteiger partial charge in [-0.2, -0.15) is 0 Å². The van der Waals surface area contributed by atoms with E-state index < -0.39 is 62.0 Å². The topological polar surface area (TPSA) is 66.5 Å². The Labute approximate surface area is 151 Å². The lowest BCUT2D eigenvalue weighted by Gasteiger charge is -2.11. The first kappa shape index (κ1) is 7.02. The predicted octanol–water partition coefficient (Wildman–Crippen LogP) is 3.92. The van der Waals surface area contributed by atoms with E-state index in [-0.39, 0.29) is 6.42 Å². The van der Waals surface area contributed by atoms with Crippen molar-refractivity contribution in [2.24, 2.45) is 5.72 Å². The molecule has 0 amide bonds. The second kappa shape index (κ2) is 16.0. The third-order valence-corrected chi connectivity index (χ3v) is 2.88. The number of nitrogens with two attached hydrogens (primary N) is 1. The highest BCUT2D eigenvalue weighted by atomic mass is 16.3. The van der Waals surface area contributed by atoms with Gasteiger partial charge in [-0.3, -0.25) is 0 Å². The molecule has 126 valence electrons. The maximum atomic E-state index is 10.3. The monoisotopic (exact) mass is 313 g/mol. The summed E-state index contributed by atoms with van der Waals surface area (Å²) in [5.41, 5.74) is -0.923. The van der Waals surface area contributed by atoms with Crippen LogP contribution in [-0.2, 0) is 0 Å². The summed E-state index contributed by atoms with van der Waals surface area (Å²) in [5.74, 6) is 0. The second-order valence-corrected chi connectivity index (χ2v) is 4.71. The first-order valence-electron chi connectivity index (χ1n) is 14.4. The highest BCUT2D eigenvalue weighted by molar-refractivity contribution is 4.93. The molecule has 0 radical (unpaired) electrons. The standard InChI is InChI=1S/C18H37NO2/c1-2-3-4-5-6-7-8-9-10-11-12-13-14-15-18(21)17(19)16-20/h14-15,17-18,20-21H,2-13,16,19H2,1H3/b15-14+/t17-,18+/m0/s1/i11D2,12D2,13D2,14D,15D,16D2,17D,18D/hD2. The second-order valence-electron chi connectivity index (χ2n) is 4.71. The number of rotatable bonds is 16. The van der Waals surface area contributed by atoms with Crippen LogP contribution >= 0.6 is 0 Å². The molecule has 0 fully saturated rings. The molecule has 0 saturated carbocycles. The molecule has 0 bridgehead atoms. The van der Waals surface area contributed by atoms with E-state index in [1.807, 2.05) is 0 Å². The van der Waals surface area contributed by atoms with Crippen LogP contribution in [0.25, 0.3) is 0 Å². The molecule has 0 aromatic heterocycles. The highest BCUT2D eigenvalue weighted by Gasteiger charge is 2.08. The minimum Gasteiger partial charge on any atom is -0.395 e. The van der Waals surface area contributed by atoms with Crippen LogP contribution in [0.1, 0.15) is 100 Å². The summed E-state index contributed by atoms with van der Waals surface area (Å²) in [5, 5.41) is 19.9. The van der Waals surface area contributed by atoms with Gasteiger partial charge >= 0.3 is 0 Å². The summed E-state index contributed by atoms with van der Waals surface area (Å²) in [4.78, 5) is 0. The van der Waals surface area contributed by atoms with Crippen molar-refractivity contribution >= 4 is 0 Å². The fraction of sp³-hybridized carbons (Fsp3) is 0.889. The summed E-state index contributed by atoms with van der Waals surface area (Å²) in [6, 6.07) is -7.67. The molecule has 0 aromatic rings. The highest BCUT2D eigenvalue weighted by Crippen LogP contribution is 2.12. The van der Waals surface area contributed by atoms with Crippen molar-refractivity contribution in [2.75, 3.05) is 6.56 Å². The fourth-order valence-corrected chi connectivity index (χ4v) is 1.69. The molecule has 0 saturated heterocycles. The molecule has 0 aliphatic rings. The Morgan fingerprint density at radius 3 is 2.33 bits per heavy atom. The Hall–Kier alpha value is -0.380. The number of unbranched alkanes of at least 4 members (excludes halogenated alkanes) is 7. The third-order valence-electron chi connectivity index (χ3n) is 2.88. The zero-order chi connectivity index (χ0) is 28.1. The summed E-state index contributed by atoms with van der Waals surface area (Å²) in [7, 11) is 0. The van der Waals surface area contributed by atoms with Crippen molar-refractivity contribution in [2.45, 2.75) is 95.9 Å². The van der Waals surface area contributed by atoms with Gasteiger partial charge in [-0.05, 0) is 12.7 Å². The number of hydrogen-bond donors (Lipinski definition) is 3. The predicted molar refractivity (Wildman–Crippen MR) is 91.3 cm³/mol. The number of allylic oxidation sites excluding steroid dienone is 1. The lowest BCUT2D eigenvalue weighted by atomic mass is 10.0.